The molecule has 0 fully saturated rings. The summed E-state index contributed by atoms with van der Waals surface area (Å²) in [5.74, 6) is 1.82. The molecule has 0 saturated carbocycles. The number of hydrogen-bond acceptors (Lipinski definition) is 5. The highest BCUT2D eigenvalue weighted by atomic mass is 32.2. The summed E-state index contributed by atoms with van der Waals surface area (Å²) in [6.07, 6.45) is 1.57. The Bertz CT molecular complexity index is 1060. The Kier molecular flexibility index (Phi) is 7.85. The molecule has 3 rings (SSSR count). The number of fused-ring (bicyclic) bond motifs is 1. The minimum absolute atomic E-state index is 0.0222. The average Bonchev–Trinajstić information content (AvgIpc) is 2.96. The van der Waals surface area contributed by atoms with Crippen molar-refractivity contribution in [2.45, 2.75) is 37.1 Å². The van der Waals surface area contributed by atoms with Crippen LogP contribution >= 0.6 is 0 Å². The van der Waals surface area contributed by atoms with Gasteiger partial charge in [0.25, 0.3) is 0 Å². The number of ether oxygens (including phenoxy) is 2. The van der Waals surface area contributed by atoms with Crippen LogP contribution in [0.25, 0.3) is 0 Å². The number of benzene rings is 2. The number of methoxy groups -OCH3 is 2. The first-order valence-corrected chi connectivity index (χ1v) is 11.9. The molecule has 0 radical (unpaired) electrons. The third-order valence-electron chi connectivity index (χ3n) is 5.61. The molecular weight excluding hydrogens is 424 g/mol. The molecule has 2 atom stereocenters. The van der Waals surface area contributed by atoms with Gasteiger partial charge in [-0.2, -0.15) is 0 Å². The van der Waals surface area contributed by atoms with Gasteiger partial charge in [0.15, 0.2) is 11.5 Å². The van der Waals surface area contributed by atoms with Crippen LogP contribution in [-0.4, -0.2) is 48.9 Å². The lowest BCUT2D eigenvalue weighted by Gasteiger charge is -2.15. The minimum atomic E-state index is -1.02. The van der Waals surface area contributed by atoms with Gasteiger partial charge in [0.2, 0.25) is 5.91 Å². The Morgan fingerprint density at radius 2 is 1.84 bits per heavy atom. The van der Waals surface area contributed by atoms with E-state index < -0.39 is 10.8 Å². The molecule has 1 heterocycles. The van der Waals surface area contributed by atoms with Gasteiger partial charge in [-0.15, -0.1) is 0 Å². The lowest BCUT2D eigenvalue weighted by molar-refractivity contribution is -0.120. The van der Waals surface area contributed by atoms with Gasteiger partial charge in [0, 0.05) is 35.2 Å². The molecule has 0 aromatic heterocycles. The zero-order chi connectivity index (χ0) is 23.3. The Balaban J connectivity index is 2.12. The first-order valence-electron chi connectivity index (χ1n) is 10.6. The van der Waals surface area contributed by atoms with Crippen LogP contribution in [0, 0.1) is 0 Å². The molecule has 2 aromatic rings. The van der Waals surface area contributed by atoms with Gasteiger partial charge in [-0.3, -0.25) is 14.0 Å². The zero-order valence-electron chi connectivity index (χ0n) is 19.1. The van der Waals surface area contributed by atoms with E-state index in [1.165, 1.54) is 0 Å². The highest BCUT2D eigenvalue weighted by Crippen LogP contribution is 2.36. The molecule has 0 aliphatic carbocycles. The maximum atomic E-state index is 12.2. The molecule has 6 nitrogen and oxygen atoms in total. The van der Waals surface area contributed by atoms with E-state index in [0.29, 0.717) is 36.5 Å². The van der Waals surface area contributed by atoms with E-state index in [9.17, 15) is 9.00 Å². The summed E-state index contributed by atoms with van der Waals surface area (Å²) in [6, 6.07) is 11.4. The summed E-state index contributed by atoms with van der Waals surface area (Å²) >= 11 is 0. The Morgan fingerprint density at radius 1 is 1.19 bits per heavy atom. The Labute approximate surface area is 192 Å². The van der Waals surface area contributed by atoms with Crippen molar-refractivity contribution in [2.24, 2.45) is 4.99 Å². The molecule has 1 aliphatic heterocycles. The van der Waals surface area contributed by atoms with Crippen LogP contribution < -0.4 is 14.8 Å². The van der Waals surface area contributed by atoms with Crippen molar-refractivity contribution in [3.05, 3.63) is 65.2 Å². The quantitative estimate of drug-likeness (QED) is 0.618. The predicted octanol–water partition coefficient (Wildman–Crippen LogP) is 3.68. The third-order valence-corrected chi connectivity index (χ3v) is 6.94. The average molecular weight is 455 g/mol. The van der Waals surface area contributed by atoms with E-state index in [-0.39, 0.29) is 11.9 Å². The summed E-state index contributed by atoms with van der Waals surface area (Å²) in [6.45, 7) is 6.18. The van der Waals surface area contributed by atoms with Crippen LogP contribution in [0.1, 0.15) is 36.5 Å². The number of aliphatic imine (C=N–C) groups is 1. The highest BCUT2D eigenvalue weighted by Gasteiger charge is 2.25. The van der Waals surface area contributed by atoms with Gasteiger partial charge < -0.3 is 14.8 Å². The summed E-state index contributed by atoms with van der Waals surface area (Å²) in [5, 5.41) is 2.67. The van der Waals surface area contributed by atoms with Crippen LogP contribution in [-0.2, 0) is 22.0 Å². The van der Waals surface area contributed by atoms with E-state index in [4.69, 9.17) is 14.5 Å². The van der Waals surface area contributed by atoms with E-state index in [1.54, 1.807) is 21.3 Å². The molecule has 1 aliphatic rings. The second-order valence-corrected chi connectivity index (χ2v) is 9.30. The summed E-state index contributed by atoms with van der Waals surface area (Å²) < 4.78 is 23.2. The molecule has 2 aromatic carbocycles. The van der Waals surface area contributed by atoms with E-state index in [1.807, 2.05) is 43.3 Å². The van der Waals surface area contributed by atoms with Crippen molar-refractivity contribution in [1.29, 1.82) is 0 Å². The largest absolute Gasteiger partial charge is 0.493 e. The smallest absolute Gasteiger partial charge is 0.219 e. The van der Waals surface area contributed by atoms with Gasteiger partial charge in [0.05, 0.1) is 36.8 Å². The normalized spacial score (nSPS) is 16.4. The molecule has 0 bridgehead atoms. The Morgan fingerprint density at radius 3 is 2.44 bits per heavy atom. The molecule has 2 unspecified atom stereocenters. The topological polar surface area (TPSA) is 77.0 Å². The van der Waals surface area contributed by atoms with Crippen LogP contribution in [0.15, 0.2) is 58.4 Å². The van der Waals surface area contributed by atoms with Gasteiger partial charge in [-0.05, 0) is 48.2 Å². The van der Waals surface area contributed by atoms with E-state index in [0.717, 1.165) is 32.9 Å². The number of nitrogens with one attached hydrogen (secondary N) is 1. The van der Waals surface area contributed by atoms with Crippen LogP contribution in [0.2, 0.25) is 0 Å². The van der Waals surface area contributed by atoms with Crippen molar-refractivity contribution in [1.82, 2.24) is 5.32 Å². The maximum Gasteiger partial charge on any atom is 0.219 e. The first-order chi connectivity index (χ1) is 15.4. The number of nitrogens with zero attached hydrogens (tertiary/aromatic N) is 1. The van der Waals surface area contributed by atoms with Gasteiger partial charge in [-0.1, -0.05) is 25.6 Å². The molecular formula is C25H30N2O4S. The van der Waals surface area contributed by atoms with Gasteiger partial charge >= 0.3 is 0 Å². The molecule has 170 valence electrons. The van der Waals surface area contributed by atoms with Gasteiger partial charge in [0.1, 0.15) is 0 Å². The standard InChI is InChI=1S/C25H30N2O4S/c1-6-32(29)19-9-7-17(8-10-19)25-20-15-23(31-5)22(30-4)14-18(20)13-16(2)21(27-25)11-12-24(28)26-3/h7-10,14-15,21H,2,6,11-13H2,1,3-5H3,(H,26,28). The zero-order valence-corrected chi connectivity index (χ0v) is 19.9. The number of rotatable bonds is 8. The molecule has 7 heteroatoms. The van der Waals surface area contributed by atoms with Crippen molar-refractivity contribution in [2.75, 3.05) is 27.0 Å². The summed E-state index contributed by atoms with van der Waals surface area (Å²) in [7, 11) is 3.84. The fraction of sp³-hybridized carbons (Fsp3) is 0.360. The fourth-order valence-electron chi connectivity index (χ4n) is 3.79. The van der Waals surface area contributed by atoms with Crippen LogP contribution in [0.3, 0.4) is 0 Å². The second kappa shape index (κ2) is 10.6. The number of amides is 1. The van der Waals surface area contributed by atoms with Crippen LogP contribution in [0.4, 0.5) is 0 Å². The monoisotopic (exact) mass is 454 g/mol. The predicted molar refractivity (Wildman–Crippen MR) is 129 cm³/mol. The SMILES string of the molecule is C=C1Cc2cc(OC)c(OC)cc2C(c2ccc(S(=O)CC)cc2)=NC1CCC(=O)NC. The minimum Gasteiger partial charge on any atom is -0.493 e. The van der Waals surface area contributed by atoms with E-state index in [2.05, 4.69) is 11.9 Å². The maximum absolute atomic E-state index is 12.2. The second-order valence-electron chi connectivity index (χ2n) is 7.56. The fourth-order valence-corrected chi connectivity index (χ4v) is 4.56. The van der Waals surface area contributed by atoms with Crippen molar-refractivity contribution in [3.63, 3.8) is 0 Å². The lowest BCUT2D eigenvalue weighted by atomic mass is 9.93. The molecule has 1 N–H and O–H groups in total. The van der Waals surface area contributed by atoms with Crippen molar-refractivity contribution >= 4 is 22.4 Å². The van der Waals surface area contributed by atoms with Crippen LogP contribution in [0.5, 0.6) is 11.5 Å². The lowest BCUT2D eigenvalue weighted by Crippen LogP contribution is -2.20. The molecule has 32 heavy (non-hydrogen) atoms. The van der Waals surface area contributed by atoms with Crippen molar-refractivity contribution < 1.29 is 18.5 Å². The Hall–Kier alpha value is -2.93. The molecule has 1 amide bonds. The number of hydrogen-bond donors (Lipinski definition) is 1. The van der Waals surface area contributed by atoms with Crippen molar-refractivity contribution in [3.8, 4) is 11.5 Å². The van der Waals surface area contributed by atoms with Gasteiger partial charge in [-0.25, -0.2) is 0 Å². The number of carbonyl (C=O) groups is 1. The highest BCUT2D eigenvalue weighted by molar-refractivity contribution is 7.85. The molecule has 0 spiro atoms. The number of carbonyl (C=O) groups excluding carboxylic acids is 1. The summed E-state index contributed by atoms with van der Waals surface area (Å²) in [4.78, 5) is 17.7. The first kappa shape index (κ1) is 23.7. The molecule has 0 saturated heterocycles. The van der Waals surface area contributed by atoms with E-state index >= 15 is 0 Å². The summed E-state index contributed by atoms with van der Waals surface area (Å²) in [5.41, 5.74) is 4.64. The third kappa shape index (κ3) is 5.10.